The third-order valence-corrected chi connectivity index (χ3v) is 6.79. The maximum Gasteiger partial charge on any atom is 0.271 e. The smallest absolute Gasteiger partial charge is 0.271 e. The quantitative estimate of drug-likeness (QED) is 0.216. The van der Waals surface area contributed by atoms with E-state index in [1.165, 1.54) is 0 Å². The van der Waals surface area contributed by atoms with Crippen LogP contribution >= 0.6 is 0 Å². The van der Waals surface area contributed by atoms with Crippen molar-refractivity contribution in [3.63, 3.8) is 0 Å². The number of hydrogen-bond donors (Lipinski definition) is 0. The van der Waals surface area contributed by atoms with Crippen LogP contribution in [0.5, 0.6) is 5.75 Å². The first-order valence-corrected chi connectivity index (χ1v) is 13.0. The lowest BCUT2D eigenvalue weighted by Gasteiger charge is -2.27. The van der Waals surface area contributed by atoms with Gasteiger partial charge in [-0.2, -0.15) is 10.4 Å². The first kappa shape index (κ1) is 26.4. The SMILES string of the molecule is CCOc1ccc(-c2nn(-c3ccccc3)cc2/C=C2/C(=O)N(Cc3ccc(C)cc3)C(=O)C(C#N)=C2C)cc1. The molecule has 0 atom stereocenters. The Morgan fingerprint density at radius 1 is 0.925 bits per heavy atom. The van der Waals surface area contributed by atoms with Crippen molar-refractivity contribution in [3.05, 3.63) is 118 Å². The number of aryl methyl sites for hydroxylation is 1. The Balaban J connectivity index is 1.62. The third-order valence-electron chi connectivity index (χ3n) is 6.79. The Kier molecular flexibility index (Phi) is 7.43. The van der Waals surface area contributed by atoms with Gasteiger partial charge in [-0.15, -0.1) is 0 Å². The number of imide groups is 1. The molecule has 1 aliphatic heterocycles. The standard InChI is InChI=1S/C33H28N4O3/c1-4-40-28-16-14-25(15-17-28)31-26(21-37(35-31)27-8-6-5-7-9-27)18-29-23(3)30(19-34)33(39)36(32(29)38)20-24-12-10-22(2)11-13-24/h5-18,21H,4,20H2,1-3H3/b29-18+. The van der Waals surface area contributed by atoms with Gasteiger partial charge in [0.1, 0.15) is 17.4 Å². The number of nitrogens with zero attached hydrogens (tertiary/aromatic N) is 4. The summed E-state index contributed by atoms with van der Waals surface area (Å²) in [5, 5.41) is 14.7. The van der Waals surface area contributed by atoms with Crippen LogP contribution in [0.25, 0.3) is 23.0 Å². The maximum absolute atomic E-state index is 13.8. The summed E-state index contributed by atoms with van der Waals surface area (Å²) in [5.41, 5.74) is 5.49. The number of aromatic nitrogens is 2. The summed E-state index contributed by atoms with van der Waals surface area (Å²) < 4.78 is 7.35. The highest BCUT2D eigenvalue weighted by Crippen LogP contribution is 2.32. The molecule has 0 spiro atoms. The average molecular weight is 529 g/mol. The van der Waals surface area contributed by atoms with Crippen LogP contribution in [0, 0.1) is 18.3 Å². The molecular formula is C33H28N4O3. The molecule has 7 nitrogen and oxygen atoms in total. The van der Waals surface area contributed by atoms with E-state index in [-0.39, 0.29) is 17.7 Å². The molecular weight excluding hydrogens is 500 g/mol. The van der Waals surface area contributed by atoms with Gasteiger partial charge in [-0.3, -0.25) is 14.5 Å². The predicted octanol–water partition coefficient (Wildman–Crippen LogP) is 6.04. The molecule has 7 heteroatoms. The summed E-state index contributed by atoms with van der Waals surface area (Å²) in [6.07, 6.45) is 3.57. The number of ether oxygens (including phenoxy) is 1. The largest absolute Gasteiger partial charge is 0.494 e. The van der Waals surface area contributed by atoms with Crippen molar-refractivity contribution in [1.82, 2.24) is 14.7 Å². The molecule has 0 radical (unpaired) electrons. The van der Waals surface area contributed by atoms with E-state index in [0.717, 1.165) is 33.0 Å². The van der Waals surface area contributed by atoms with Crippen LogP contribution < -0.4 is 4.74 Å². The third kappa shape index (κ3) is 5.20. The Bertz CT molecular complexity index is 1670. The second-order valence-electron chi connectivity index (χ2n) is 9.52. The molecule has 40 heavy (non-hydrogen) atoms. The summed E-state index contributed by atoms with van der Waals surface area (Å²) in [5.74, 6) is -0.291. The first-order valence-electron chi connectivity index (χ1n) is 13.0. The van der Waals surface area contributed by atoms with E-state index in [0.29, 0.717) is 23.4 Å². The fourth-order valence-electron chi connectivity index (χ4n) is 4.61. The monoisotopic (exact) mass is 528 g/mol. The molecule has 2 heterocycles. The lowest BCUT2D eigenvalue weighted by molar-refractivity contribution is -0.141. The molecule has 2 amide bonds. The molecule has 0 N–H and O–H groups in total. The number of hydrogen-bond acceptors (Lipinski definition) is 5. The zero-order valence-corrected chi connectivity index (χ0v) is 22.6. The van der Waals surface area contributed by atoms with Gasteiger partial charge < -0.3 is 4.74 Å². The molecule has 5 rings (SSSR count). The summed E-state index contributed by atoms with van der Waals surface area (Å²) in [4.78, 5) is 28.1. The fraction of sp³-hybridized carbons (Fsp3) is 0.152. The Morgan fingerprint density at radius 3 is 2.27 bits per heavy atom. The van der Waals surface area contributed by atoms with Gasteiger partial charge in [0.2, 0.25) is 0 Å². The number of carbonyl (C=O) groups is 2. The highest BCUT2D eigenvalue weighted by molar-refractivity contribution is 6.19. The summed E-state index contributed by atoms with van der Waals surface area (Å²) in [6.45, 7) is 6.18. The zero-order valence-electron chi connectivity index (χ0n) is 22.6. The van der Waals surface area contributed by atoms with Crippen LogP contribution in [0.4, 0.5) is 0 Å². The van der Waals surface area contributed by atoms with E-state index in [1.54, 1.807) is 17.7 Å². The molecule has 198 valence electrons. The Morgan fingerprint density at radius 2 is 1.62 bits per heavy atom. The number of nitriles is 1. The van der Waals surface area contributed by atoms with Crippen LogP contribution in [0.3, 0.4) is 0 Å². The zero-order chi connectivity index (χ0) is 28.2. The molecule has 0 unspecified atom stereocenters. The summed E-state index contributed by atoms with van der Waals surface area (Å²) >= 11 is 0. The highest BCUT2D eigenvalue weighted by Gasteiger charge is 2.35. The van der Waals surface area contributed by atoms with E-state index in [1.807, 2.05) is 105 Å². The second kappa shape index (κ2) is 11.3. The minimum absolute atomic E-state index is 0.0453. The van der Waals surface area contributed by atoms with Gasteiger partial charge in [0, 0.05) is 22.9 Å². The summed E-state index contributed by atoms with van der Waals surface area (Å²) in [7, 11) is 0. The van der Waals surface area contributed by atoms with Crippen molar-refractivity contribution in [2.75, 3.05) is 6.61 Å². The van der Waals surface area contributed by atoms with Crippen molar-refractivity contribution in [3.8, 4) is 28.8 Å². The van der Waals surface area contributed by atoms with E-state index in [9.17, 15) is 14.9 Å². The van der Waals surface area contributed by atoms with Gasteiger partial charge in [0.25, 0.3) is 11.8 Å². The lowest BCUT2D eigenvalue weighted by Crippen LogP contribution is -2.42. The Hall–Kier alpha value is -5.22. The van der Waals surface area contributed by atoms with Crippen LogP contribution in [-0.4, -0.2) is 33.1 Å². The number of para-hydroxylation sites is 1. The van der Waals surface area contributed by atoms with Gasteiger partial charge in [0.05, 0.1) is 24.5 Å². The number of carbonyl (C=O) groups excluding carboxylic acids is 2. The average Bonchev–Trinajstić information content (AvgIpc) is 3.40. The van der Waals surface area contributed by atoms with Crippen LogP contribution in [0.15, 0.2) is 102 Å². The van der Waals surface area contributed by atoms with Gasteiger partial charge in [0.15, 0.2) is 0 Å². The van der Waals surface area contributed by atoms with Crippen molar-refractivity contribution in [2.24, 2.45) is 0 Å². The minimum Gasteiger partial charge on any atom is -0.494 e. The van der Waals surface area contributed by atoms with E-state index < -0.39 is 11.8 Å². The van der Waals surface area contributed by atoms with Gasteiger partial charge in [-0.05, 0) is 74.4 Å². The normalized spacial score (nSPS) is 14.6. The molecule has 0 saturated heterocycles. The number of amides is 2. The Labute approximate surface area is 233 Å². The van der Waals surface area contributed by atoms with Crippen molar-refractivity contribution < 1.29 is 14.3 Å². The minimum atomic E-state index is -0.588. The van der Waals surface area contributed by atoms with E-state index in [2.05, 4.69) is 0 Å². The molecule has 0 saturated carbocycles. The van der Waals surface area contributed by atoms with Crippen molar-refractivity contribution in [2.45, 2.75) is 27.3 Å². The molecule has 0 fully saturated rings. The van der Waals surface area contributed by atoms with Crippen LogP contribution in [0.1, 0.15) is 30.5 Å². The predicted molar refractivity (Wildman–Crippen MR) is 153 cm³/mol. The number of benzene rings is 3. The topological polar surface area (TPSA) is 88.2 Å². The van der Waals surface area contributed by atoms with Gasteiger partial charge in [-0.25, -0.2) is 4.68 Å². The van der Waals surface area contributed by atoms with E-state index in [4.69, 9.17) is 9.84 Å². The van der Waals surface area contributed by atoms with Crippen LogP contribution in [-0.2, 0) is 16.1 Å². The fourth-order valence-corrected chi connectivity index (χ4v) is 4.61. The second-order valence-corrected chi connectivity index (χ2v) is 9.52. The highest BCUT2D eigenvalue weighted by atomic mass is 16.5. The number of rotatable bonds is 7. The first-order chi connectivity index (χ1) is 19.4. The maximum atomic E-state index is 13.8. The molecule has 3 aromatic carbocycles. The van der Waals surface area contributed by atoms with Crippen LogP contribution in [0.2, 0.25) is 0 Å². The summed E-state index contributed by atoms with van der Waals surface area (Å²) in [6, 6.07) is 26.9. The molecule has 4 aromatic rings. The molecule has 0 aliphatic carbocycles. The molecule has 0 bridgehead atoms. The van der Waals surface area contributed by atoms with E-state index >= 15 is 0 Å². The van der Waals surface area contributed by atoms with Crippen molar-refractivity contribution >= 4 is 17.9 Å². The van der Waals surface area contributed by atoms with Gasteiger partial charge >= 0.3 is 0 Å². The lowest BCUT2D eigenvalue weighted by atomic mass is 9.93. The van der Waals surface area contributed by atoms with Crippen molar-refractivity contribution in [1.29, 1.82) is 5.26 Å². The molecule has 1 aromatic heterocycles. The van der Waals surface area contributed by atoms with Gasteiger partial charge in [-0.1, -0.05) is 48.0 Å². The molecule has 1 aliphatic rings.